The van der Waals surface area contributed by atoms with Crippen molar-refractivity contribution in [3.63, 3.8) is 0 Å². The largest absolute Gasteiger partial charge is 0.309 e. The lowest BCUT2D eigenvalue weighted by atomic mass is 9.90. The monoisotopic (exact) mass is 402 g/mol. The Morgan fingerprint density at radius 2 is 0.839 bits per heavy atom. The number of quaternary nitrogens is 1. The molecular formula is C30H28N+. The van der Waals surface area contributed by atoms with Gasteiger partial charge >= 0.3 is 0 Å². The fourth-order valence-electron chi connectivity index (χ4n) is 6.06. The minimum Gasteiger partial charge on any atom is -0.309 e. The van der Waals surface area contributed by atoms with Crippen LogP contribution >= 0.6 is 0 Å². The molecule has 4 aromatic carbocycles. The molecule has 0 unspecified atom stereocenters. The topological polar surface area (TPSA) is 0 Å². The van der Waals surface area contributed by atoms with Crippen molar-refractivity contribution in [1.29, 1.82) is 0 Å². The van der Waals surface area contributed by atoms with Crippen molar-refractivity contribution < 1.29 is 4.48 Å². The van der Waals surface area contributed by atoms with Crippen molar-refractivity contribution in [1.82, 2.24) is 0 Å². The molecule has 1 nitrogen and oxygen atoms in total. The molecular weight excluding hydrogens is 374 g/mol. The van der Waals surface area contributed by atoms with Crippen LogP contribution in [-0.4, -0.2) is 4.48 Å². The molecule has 0 radical (unpaired) electrons. The van der Waals surface area contributed by atoms with Crippen molar-refractivity contribution >= 4 is 0 Å². The minimum atomic E-state index is 1.04. The number of aryl methyl sites for hydroxylation is 2. The van der Waals surface area contributed by atoms with Crippen LogP contribution in [0.15, 0.2) is 84.9 Å². The van der Waals surface area contributed by atoms with Crippen LogP contribution < -0.4 is 0 Å². The zero-order chi connectivity index (χ0) is 21.0. The van der Waals surface area contributed by atoms with Crippen LogP contribution in [0.25, 0.3) is 22.3 Å². The van der Waals surface area contributed by atoms with Gasteiger partial charge in [-0.1, -0.05) is 84.9 Å². The quantitative estimate of drug-likeness (QED) is 0.273. The molecule has 0 fully saturated rings. The van der Waals surface area contributed by atoms with Gasteiger partial charge in [0.2, 0.25) is 0 Å². The fourth-order valence-corrected chi connectivity index (χ4v) is 6.06. The van der Waals surface area contributed by atoms with Gasteiger partial charge in [-0.25, -0.2) is 0 Å². The van der Waals surface area contributed by atoms with E-state index in [0.29, 0.717) is 0 Å². The Morgan fingerprint density at radius 1 is 0.452 bits per heavy atom. The number of hydrogen-bond acceptors (Lipinski definition) is 0. The van der Waals surface area contributed by atoms with E-state index in [9.17, 15) is 0 Å². The molecule has 31 heavy (non-hydrogen) atoms. The Bertz CT molecular complexity index is 1210. The van der Waals surface area contributed by atoms with Gasteiger partial charge in [0.25, 0.3) is 0 Å². The van der Waals surface area contributed by atoms with Crippen LogP contribution in [0, 0.1) is 13.8 Å². The third kappa shape index (κ3) is 2.96. The highest BCUT2D eigenvalue weighted by Crippen LogP contribution is 2.44. The van der Waals surface area contributed by atoms with Crippen molar-refractivity contribution in [3.8, 4) is 22.3 Å². The standard InChI is InChI=1S/C30H28N/c1-21-9-7-13-25-19-31(20-26-14-8-10-22(2)30(26)29(21)25)17-23-11-3-5-15-27(23)28-16-6-4-12-24(28)18-31/h3-16H,17-20H2,1-2H3/q+1. The molecule has 1 heteroatoms. The van der Waals surface area contributed by atoms with Crippen molar-refractivity contribution in [2.75, 3.05) is 0 Å². The molecule has 0 bridgehead atoms. The maximum absolute atomic E-state index is 2.37. The second-order valence-corrected chi connectivity index (χ2v) is 9.51. The van der Waals surface area contributed by atoms with E-state index in [4.69, 9.17) is 0 Å². The summed E-state index contributed by atoms with van der Waals surface area (Å²) >= 11 is 0. The summed E-state index contributed by atoms with van der Waals surface area (Å²) in [6.45, 7) is 8.80. The molecule has 0 N–H and O–H groups in total. The summed E-state index contributed by atoms with van der Waals surface area (Å²) in [5.74, 6) is 0. The Kier molecular flexibility index (Phi) is 4.16. The van der Waals surface area contributed by atoms with E-state index < -0.39 is 0 Å². The minimum absolute atomic E-state index is 1.04. The highest BCUT2D eigenvalue weighted by molar-refractivity contribution is 5.77. The van der Waals surface area contributed by atoms with Crippen LogP contribution in [0.2, 0.25) is 0 Å². The van der Waals surface area contributed by atoms with Crippen molar-refractivity contribution in [3.05, 3.63) is 118 Å². The van der Waals surface area contributed by atoms with Gasteiger partial charge < -0.3 is 4.48 Å². The number of fused-ring (bicyclic) bond motifs is 6. The highest BCUT2D eigenvalue weighted by Gasteiger charge is 2.37. The van der Waals surface area contributed by atoms with Gasteiger partial charge in [-0.3, -0.25) is 0 Å². The van der Waals surface area contributed by atoms with E-state index in [2.05, 4.69) is 98.8 Å². The molecule has 2 aliphatic rings. The van der Waals surface area contributed by atoms with E-state index in [1.807, 2.05) is 0 Å². The Hall–Kier alpha value is -3.16. The lowest BCUT2D eigenvalue weighted by Gasteiger charge is -2.38. The summed E-state index contributed by atoms with van der Waals surface area (Å²) in [6, 6.07) is 31.9. The maximum atomic E-state index is 2.37. The molecule has 0 atom stereocenters. The molecule has 0 aliphatic carbocycles. The summed E-state index contributed by atoms with van der Waals surface area (Å²) in [5, 5.41) is 0. The van der Waals surface area contributed by atoms with Crippen LogP contribution in [0.4, 0.5) is 0 Å². The number of rotatable bonds is 0. The second kappa shape index (κ2) is 6.93. The first kappa shape index (κ1) is 18.6. The van der Waals surface area contributed by atoms with E-state index in [-0.39, 0.29) is 0 Å². The molecule has 6 rings (SSSR count). The zero-order valence-corrected chi connectivity index (χ0v) is 18.4. The normalized spacial score (nSPS) is 15.8. The molecule has 4 aromatic rings. The third-order valence-electron chi connectivity index (χ3n) is 7.32. The van der Waals surface area contributed by atoms with Gasteiger partial charge in [-0.15, -0.1) is 0 Å². The summed E-state index contributed by atoms with van der Waals surface area (Å²) in [7, 11) is 0. The first-order valence-corrected chi connectivity index (χ1v) is 11.3. The van der Waals surface area contributed by atoms with Gasteiger partial charge in [0, 0.05) is 22.3 Å². The lowest BCUT2D eigenvalue weighted by Crippen LogP contribution is -2.44. The summed E-state index contributed by atoms with van der Waals surface area (Å²) in [6.07, 6.45) is 0. The van der Waals surface area contributed by atoms with E-state index in [1.54, 1.807) is 0 Å². The Morgan fingerprint density at radius 3 is 1.32 bits per heavy atom. The lowest BCUT2D eigenvalue weighted by molar-refractivity contribution is -0.978. The third-order valence-corrected chi connectivity index (χ3v) is 7.32. The smallest absolute Gasteiger partial charge is 0.106 e. The van der Waals surface area contributed by atoms with Crippen molar-refractivity contribution in [2.45, 2.75) is 40.0 Å². The summed E-state index contributed by atoms with van der Waals surface area (Å²) in [5.41, 5.74) is 14.5. The van der Waals surface area contributed by atoms with Crippen LogP contribution in [0.5, 0.6) is 0 Å². The Balaban J connectivity index is 1.62. The highest BCUT2D eigenvalue weighted by atomic mass is 15.4. The predicted octanol–water partition coefficient (Wildman–Crippen LogP) is 7.18. The van der Waals surface area contributed by atoms with Gasteiger partial charge in [-0.05, 0) is 47.2 Å². The van der Waals surface area contributed by atoms with Gasteiger partial charge in [0.1, 0.15) is 26.2 Å². The molecule has 0 saturated heterocycles. The second-order valence-electron chi connectivity index (χ2n) is 9.51. The molecule has 2 heterocycles. The van der Waals surface area contributed by atoms with Crippen LogP contribution in [0.1, 0.15) is 33.4 Å². The number of nitrogens with zero attached hydrogens (tertiary/aromatic N) is 1. The van der Waals surface area contributed by atoms with Gasteiger partial charge in [-0.2, -0.15) is 0 Å². The summed E-state index contributed by atoms with van der Waals surface area (Å²) < 4.78 is 1.04. The van der Waals surface area contributed by atoms with Crippen LogP contribution in [-0.2, 0) is 26.2 Å². The number of benzene rings is 4. The van der Waals surface area contributed by atoms with E-state index in [0.717, 1.165) is 30.7 Å². The molecule has 2 aliphatic heterocycles. The predicted molar refractivity (Wildman–Crippen MR) is 128 cm³/mol. The maximum Gasteiger partial charge on any atom is 0.106 e. The first-order chi connectivity index (χ1) is 15.1. The molecule has 0 aromatic heterocycles. The fraction of sp³-hybridized carbons (Fsp3) is 0.200. The van der Waals surface area contributed by atoms with Crippen LogP contribution in [0.3, 0.4) is 0 Å². The summed E-state index contributed by atoms with van der Waals surface area (Å²) in [4.78, 5) is 0. The van der Waals surface area contributed by atoms with Crippen molar-refractivity contribution in [2.24, 2.45) is 0 Å². The van der Waals surface area contributed by atoms with E-state index >= 15 is 0 Å². The number of hydrogen-bond donors (Lipinski definition) is 0. The average molecular weight is 403 g/mol. The van der Waals surface area contributed by atoms with E-state index in [1.165, 1.54) is 55.6 Å². The first-order valence-electron chi connectivity index (χ1n) is 11.3. The van der Waals surface area contributed by atoms with Gasteiger partial charge in [0.15, 0.2) is 0 Å². The molecule has 0 amide bonds. The zero-order valence-electron chi connectivity index (χ0n) is 18.4. The molecule has 1 spiro atoms. The SMILES string of the molecule is Cc1cccc2c1-c1c(C)cccc1C[N+]1(Cc3ccccc3-c3ccccc3C1)C2. The van der Waals surface area contributed by atoms with Gasteiger partial charge in [0.05, 0.1) is 0 Å². The molecule has 0 saturated carbocycles. The molecule has 152 valence electrons. The Labute approximate surface area is 185 Å². The average Bonchev–Trinajstić information content (AvgIpc) is 2.99.